The number of hydrogen-bond acceptors (Lipinski definition) is 2. The second kappa shape index (κ2) is 4.52. The molecule has 0 radical (unpaired) electrons. The van der Waals surface area contributed by atoms with E-state index in [2.05, 4.69) is 45.7 Å². The molecule has 1 fully saturated rings. The van der Waals surface area contributed by atoms with E-state index in [-0.39, 0.29) is 0 Å². The molecule has 2 nitrogen and oxygen atoms in total. The summed E-state index contributed by atoms with van der Waals surface area (Å²) in [6.45, 7) is 6.55. The summed E-state index contributed by atoms with van der Waals surface area (Å²) < 4.78 is 1.06. The third-order valence-corrected chi connectivity index (χ3v) is 3.31. The van der Waals surface area contributed by atoms with Crippen molar-refractivity contribution in [1.82, 2.24) is 4.98 Å². The molecule has 2 rings (SSSR count). The van der Waals surface area contributed by atoms with Gasteiger partial charge in [-0.05, 0) is 60.2 Å². The van der Waals surface area contributed by atoms with Gasteiger partial charge in [-0.3, -0.25) is 0 Å². The SMILES string of the molecule is CCN(CC1CC1)c1ncc(Br)cc1C. The van der Waals surface area contributed by atoms with Crippen LogP contribution in [0.5, 0.6) is 0 Å². The molecule has 0 N–H and O–H groups in total. The van der Waals surface area contributed by atoms with Crippen molar-refractivity contribution < 1.29 is 0 Å². The third kappa shape index (κ3) is 2.71. The molecule has 0 spiro atoms. The molecule has 1 saturated carbocycles. The molecule has 0 aromatic carbocycles. The molecule has 0 bridgehead atoms. The molecule has 1 aliphatic rings. The molecule has 0 aliphatic heterocycles. The van der Waals surface area contributed by atoms with Gasteiger partial charge >= 0.3 is 0 Å². The van der Waals surface area contributed by atoms with E-state index in [1.54, 1.807) is 0 Å². The predicted molar refractivity (Wildman–Crippen MR) is 67.3 cm³/mol. The summed E-state index contributed by atoms with van der Waals surface area (Å²) in [6, 6.07) is 2.14. The Balaban J connectivity index is 2.16. The Morgan fingerprint density at radius 2 is 2.27 bits per heavy atom. The average Bonchev–Trinajstić information content (AvgIpc) is 2.99. The van der Waals surface area contributed by atoms with Crippen molar-refractivity contribution in [3.05, 3.63) is 22.3 Å². The summed E-state index contributed by atoms with van der Waals surface area (Å²) >= 11 is 3.45. The topological polar surface area (TPSA) is 16.1 Å². The monoisotopic (exact) mass is 268 g/mol. The van der Waals surface area contributed by atoms with E-state index in [0.717, 1.165) is 22.8 Å². The van der Waals surface area contributed by atoms with Crippen molar-refractivity contribution in [2.24, 2.45) is 5.92 Å². The maximum atomic E-state index is 4.51. The summed E-state index contributed by atoms with van der Waals surface area (Å²) in [7, 11) is 0. The van der Waals surface area contributed by atoms with E-state index in [1.807, 2.05) is 6.20 Å². The fraction of sp³-hybridized carbons (Fsp3) is 0.583. The first-order chi connectivity index (χ1) is 7.20. The van der Waals surface area contributed by atoms with Gasteiger partial charge in [-0.1, -0.05) is 0 Å². The molecule has 15 heavy (non-hydrogen) atoms. The minimum absolute atomic E-state index is 0.912. The van der Waals surface area contributed by atoms with Crippen molar-refractivity contribution in [1.29, 1.82) is 0 Å². The first-order valence-corrected chi connectivity index (χ1v) is 6.37. The Morgan fingerprint density at radius 1 is 1.53 bits per heavy atom. The van der Waals surface area contributed by atoms with Crippen LogP contribution in [0.15, 0.2) is 16.7 Å². The van der Waals surface area contributed by atoms with Gasteiger partial charge in [0.25, 0.3) is 0 Å². The number of halogens is 1. The van der Waals surface area contributed by atoms with Gasteiger partial charge in [0.2, 0.25) is 0 Å². The van der Waals surface area contributed by atoms with Crippen LogP contribution in [0, 0.1) is 12.8 Å². The van der Waals surface area contributed by atoms with Gasteiger partial charge in [0.1, 0.15) is 5.82 Å². The van der Waals surface area contributed by atoms with Crippen molar-refractivity contribution in [2.45, 2.75) is 26.7 Å². The van der Waals surface area contributed by atoms with Crippen LogP contribution in [0.1, 0.15) is 25.3 Å². The number of hydrogen-bond donors (Lipinski definition) is 0. The van der Waals surface area contributed by atoms with Crippen LogP contribution in [-0.2, 0) is 0 Å². The lowest BCUT2D eigenvalue weighted by atomic mass is 10.2. The van der Waals surface area contributed by atoms with Crippen molar-refractivity contribution >= 4 is 21.7 Å². The molecule has 1 aromatic heterocycles. The molecule has 0 unspecified atom stereocenters. The van der Waals surface area contributed by atoms with E-state index in [9.17, 15) is 0 Å². The molecule has 3 heteroatoms. The maximum absolute atomic E-state index is 4.51. The highest BCUT2D eigenvalue weighted by Crippen LogP contribution is 2.31. The summed E-state index contributed by atoms with van der Waals surface area (Å²) in [5, 5.41) is 0. The number of pyridine rings is 1. The highest BCUT2D eigenvalue weighted by Gasteiger charge is 2.24. The zero-order valence-corrected chi connectivity index (χ0v) is 10.9. The van der Waals surface area contributed by atoms with Gasteiger partial charge in [0, 0.05) is 23.8 Å². The lowest BCUT2D eigenvalue weighted by Gasteiger charge is -2.23. The molecule has 1 heterocycles. The van der Waals surface area contributed by atoms with Crippen LogP contribution in [-0.4, -0.2) is 18.1 Å². The number of aryl methyl sites for hydroxylation is 1. The molecule has 0 atom stereocenters. The van der Waals surface area contributed by atoms with Crippen molar-refractivity contribution in [2.75, 3.05) is 18.0 Å². The quantitative estimate of drug-likeness (QED) is 0.833. The first-order valence-electron chi connectivity index (χ1n) is 5.57. The zero-order chi connectivity index (χ0) is 10.8. The van der Waals surface area contributed by atoms with Gasteiger partial charge in [0.05, 0.1) is 0 Å². The van der Waals surface area contributed by atoms with Crippen LogP contribution in [0.2, 0.25) is 0 Å². The lowest BCUT2D eigenvalue weighted by molar-refractivity contribution is 0.729. The van der Waals surface area contributed by atoms with Crippen molar-refractivity contribution in [3.63, 3.8) is 0 Å². The average molecular weight is 269 g/mol. The molecule has 0 amide bonds. The number of rotatable bonds is 4. The summed E-state index contributed by atoms with van der Waals surface area (Å²) in [6.07, 6.45) is 4.68. The van der Waals surface area contributed by atoms with Crippen molar-refractivity contribution in [3.8, 4) is 0 Å². The van der Waals surface area contributed by atoms with Crippen LogP contribution >= 0.6 is 15.9 Å². The van der Waals surface area contributed by atoms with Crippen LogP contribution in [0.4, 0.5) is 5.82 Å². The van der Waals surface area contributed by atoms with Gasteiger partial charge in [0.15, 0.2) is 0 Å². The van der Waals surface area contributed by atoms with Gasteiger partial charge in [-0.25, -0.2) is 4.98 Å². The minimum Gasteiger partial charge on any atom is -0.356 e. The highest BCUT2D eigenvalue weighted by molar-refractivity contribution is 9.10. The molecular formula is C12H17BrN2. The molecule has 82 valence electrons. The number of aromatic nitrogens is 1. The second-order valence-corrected chi connectivity index (χ2v) is 5.19. The Labute approximate surface area is 99.8 Å². The Morgan fingerprint density at radius 3 is 2.80 bits per heavy atom. The normalized spacial score (nSPS) is 15.4. The van der Waals surface area contributed by atoms with Crippen LogP contribution in [0.25, 0.3) is 0 Å². The third-order valence-electron chi connectivity index (χ3n) is 2.87. The largest absolute Gasteiger partial charge is 0.356 e. The van der Waals surface area contributed by atoms with Gasteiger partial charge in [-0.15, -0.1) is 0 Å². The second-order valence-electron chi connectivity index (χ2n) is 4.28. The molecular weight excluding hydrogens is 252 g/mol. The van der Waals surface area contributed by atoms with Gasteiger partial charge < -0.3 is 4.90 Å². The molecule has 1 aliphatic carbocycles. The smallest absolute Gasteiger partial charge is 0.131 e. The zero-order valence-electron chi connectivity index (χ0n) is 9.33. The Hall–Kier alpha value is -0.570. The summed E-state index contributed by atoms with van der Waals surface area (Å²) in [4.78, 5) is 6.90. The Kier molecular flexibility index (Phi) is 3.29. The highest BCUT2D eigenvalue weighted by atomic mass is 79.9. The number of nitrogens with zero attached hydrogens (tertiary/aromatic N) is 2. The Bertz CT molecular complexity index is 347. The first kappa shape index (κ1) is 10.9. The van der Waals surface area contributed by atoms with E-state index >= 15 is 0 Å². The van der Waals surface area contributed by atoms with Gasteiger partial charge in [-0.2, -0.15) is 0 Å². The minimum atomic E-state index is 0.912. The molecule has 1 aromatic rings. The van der Waals surface area contributed by atoms with E-state index < -0.39 is 0 Å². The fourth-order valence-electron chi connectivity index (χ4n) is 1.84. The lowest BCUT2D eigenvalue weighted by Crippen LogP contribution is -2.26. The van der Waals surface area contributed by atoms with E-state index in [4.69, 9.17) is 0 Å². The summed E-state index contributed by atoms with van der Waals surface area (Å²) in [5.41, 5.74) is 1.26. The van der Waals surface area contributed by atoms with Crippen LogP contribution in [0.3, 0.4) is 0 Å². The maximum Gasteiger partial charge on any atom is 0.131 e. The van der Waals surface area contributed by atoms with Crippen LogP contribution < -0.4 is 4.90 Å². The summed E-state index contributed by atoms with van der Waals surface area (Å²) in [5.74, 6) is 2.06. The van der Waals surface area contributed by atoms with E-state index in [1.165, 1.54) is 24.9 Å². The van der Waals surface area contributed by atoms with E-state index in [0.29, 0.717) is 0 Å². The standard InChI is InChI=1S/C12H17BrN2/c1-3-15(8-10-4-5-10)12-9(2)6-11(13)7-14-12/h6-7,10H,3-5,8H2,1-2H3. The predicted octanol–water partition coefficient (Wildman–Crippen LogP) is 3.39. The molecule has 0 saturated heterocycles. The fourth-order valence-corrected chi connectivity index (χ4v) is 2.29. The number of anilines is 1.